The maximum atomic E-state index is 12.3. The summed E-state index contributed by atoms with van der Waals surface area (Å²) < 4.78 is 9.44. The van der Waals surface area contributed by atoms with Crippen molar-refractivity contribution in [3.05, 3.63) is 40.9 Å². The van der Waals surface area contributed by atoms with Crippen molar-refractivity contribution < 1.29 is 23.9 Å². The van der Waals surface area contributed by atoms with E-state index in [0.717, 1.165) is 11.3 Å². The monoisotopic (exact) mass is 364 g/mol. The molecule has 2 amide bonds. The van der Waals surface area contributed by atoms with Gasteiger partial charge in [0.2, 0.25) is 5.13 Å². The average molecular weight is 364 g/mol. The highest BCUT2D eigenvalue weighted by Gasteiger charge is 2.28. The van der Waals surface area contributed by atoms with Gasteiger partial charge in [-0.15, -0.1) is 10.2 Å². The number of benzene rings is 1. The van der Waals surface area contributed by atoms with Crippen LogP contribution in [0.15, 0.2) is 30.3 Å². The Bertz CT molecular complexity index is 749. The maximum absolute atomic E-state index is 12.3. The van der Waals surface area contributed by atoms with Crippen molar-refractivity contribution in [3.63, 3.8) is 0 Å². The summed E-state index contributed by atoms with van der Waals surface area (Å²) in [7, 11) is 1.20. The second kappa shape index (κ2) is 8.73. The number of aromatic nitrogens is 2. The van der Waals surface area contributed by atoms with Gasteiger partial charge in [0.25, 0.3) is 5.91 Å². The van der Waals surface area contributed by atoms with Gasteiger partial charge in [-0.3, -0.25) is 10.1 Å². The molecule has 2 rings (SSSR count). The molecule has 10 heteroatoms. The second-order valence-corrected chi connectivity index (χ2v) is 5.60. The van der Waals surface area contributed by atoms with E-state index in [2.05, 4.69) is 20.8 Å². The van der Waals surface area contributed by atoms with Crippen molar-refractivity contribution in [1.29, 1.82) is 0 Å². The van der Waals surface area contributed by atoms with Gasteiger partial charge >= 0.3 is 12.1 Å². The number of amides is 2. The Hall–Kier alpha value is -3.01. The molecule has 1 aromatic heterocycles. The van der Waals surface area contributed by atoms with Crippen LogP contribution in [0.25, 0.3) is 0 Å². The zero-order valence-electron chi connectivity index (χ0n) is 13.5. The van der Waals surface area contributed by atoms with E-state index in [1.165, 1.54) is 7.11 Å². The molecular formula is C15H16N4O5S. The number of rotatable bonds is 6. The normalized spacial score (nSPS) is 11.3. The summed E-state index contributed by atoms with van der Waals surface area (Å²) in [6.07, 6.45) is -0.687. The molecule has 2 aromatic rings. The molecule has 0 aliphatic carbocycles. The zero-order valence-corrected chi connectivity index (χ0v) is 14.3. The molecule has 0 radical (unpaired) electrons. The van der Waals surface area contributed by atoms with Crippen LogP contribution in [0.3, 0.4) is 0 Å². The Morgan fingerprint density at radius 3 is 2.56 bits per heavy atom. The third-order valence-electron chi connectivity index (χ3n) is 2.92. The van der Waals surface area contributed by atoms with Crippen LogP contribution in [-0.4, -0.2) is 41.9 Å². The molecule has 25 heavy (non-hydrogen) atoms. The number of hydrogen-bond donors (Lipinski definition) is 2. The van der Waals surface area contributed by atoms with Crippen molar-refractivity contribution in [2.75, 3.05) is 19.0 Å². The van der Waals surface area contributed by atoms with Crippen LogP contribution in [0, 0.1) is 0 Å². The topological polar surface area (TPSA) is 120 Å². The summed E-state index contributed by atoms with van der Waals surface area (Å²) in [6, 6.07) is 7.25. The first-order valence-corrected chi connectivity index (χ1v) is 8.07. The van der Waals surface area contributed by atoms with Crippen molar-refractivity contribution in [2.45, 2.75) is 13.0 Å². The number of nitrogens with one attached hydrogen (secondary N) is 2. The molecule has 0 aliphatic rings. The summed E-state index contributed by atoms with van der Waals surface area (Å²) >= 11 is 0.926. The van der Waals surface area contributed by atoms with E-state index in [9.17, 15) is 14.4 Å². The van der Waals surface area contributed by atoms with Gasteiger partial charge in [-0.1, -0.05) is 29.5 Å². The minimum atomic E-state index is -1.15. The Morgan fingerprint density at radius 2 is 1.92 bits per heavy atom. The summed E-state index contributed by atoms with van der Waals surface area (Å²) in [5.41, 5.74) is 0.380. The van der Waals surface area contributed by atoms with Crippen LogP contribution in [0.4, 0.5) is 9.93 Å². The van der Waals surface area contributed by atoms with Gasteiger partial charge in [-0.05, 0) is 19.1 Å². The Morgan fingerprint density at radius 1 is 1.20 bits per heavy atom. The molecule has 9 nitrogen and oxygen atoms in total. The Kier molecular flexibility index (Phi) is 6.40. The zero-order chi connectivity index (χ0) is 18.2. The number of anilines is 1. The quantitative estimate of drug-likeness (QED) is 0.749. The molecule has 132 valence electrons. The van der Waals surface area contributed by atoms with Gasteiger partial charge in [-0.2, -0.15) is 0 Å². The Balaban J connectivity index is 2.15. The fourth-order valence-electron chi connectivity index (χ4n) is 1.80. The number of methoxy groups -OCH3 is 1. The predicted molar refractivity (Wildman–Crippen MR) is 89.2 cm³/mol. The maximum Gasteiger partial charge on any atom is 0.413 e. The highest BCUT2D eigenvalue weighted by atomic mass is 32.1. The number of ether oxygens (including phenoxy) is 2. The molecule has 0 saturated carbocycles. The third kappa shape index (κ3) is 4.98. The predicted octanol–water partition coefficient (Wildman–Crippen LogP) is 1.75. The fraction of sp³-hybridized carbons (Fsp3) is 0.267. The fourth-order valence-corrected chi connectivity index (χ4v) is 2.57. The molecule has 0 spiro atoms. The van der Waals surface area contributed by atoms with Crippen molar-refractivity contribution >= 4 is 34.4 Å². The highest BCUT2D eigenvalue weighted by molar-refractivity contribution is 7.15. The van der Waals surface area contributed by atoms with Gasteiger partial charge in [0.05, 0.1) is 13.7 Å². The summed E-state index contributed by atoms with van der Waals surface area (Å²) in [4.78, 5) is 35.7. The van der Waals surface area contributed by atoms with Gasteiger partial charge in [-0.25, -0.2) is 9.59 Å². The van der Waals surface area contributed by atoms with Crippen LogP contribution in [0.1, 0.15) is 28.3 Å². The van der Waals surface area contributed by atoms with E-state index < -0.39 is 24.0 Å². The minimum Gasteiger partial charge on any atom is -0.467 e. The summed E-state index contributed by atoms with van der Waals surface area (Å²) in [5, 5.41) is 12.8. The first-order chi connectivity index (χ1) is 12.0. The van der Waals surface area contributed by atoms with E-state index >= 15 is 0 Å². The lowest BCUT2D eigenvalue weighted by Crippen LogP contribution is -2.34. The largest absolute Gasteiger partial charge is 0.467 e. The van der Waals surface area contributed by atoms with Crippen LogP contribution < -0.4 is 10.6 Å². The molecule has 0 fully saturated rings. The number of carbonyl (C=O) groups excluding carboxylic acids is 3. The molecule has 0 saturated heterocycles. The van der Waals surface area contributed by atoms with E-state index in [-0.39, 0.29) is 16.7 Å². The van der Waals surface area contributed by atoms with Gasteiger partial charge in [0, 0.05) is 5.56 Å². The number of nitrogens with zero attached hydrogens (tertiary/aromatic N) is 2. The van der Waals surface area contributed by atoms with Crippen LogP contribution >= 0.6 is 11.3 Å². The lowest BCUT2D eigenvalue weighted by atomic mass is 10.2. The highest BCUT2D eigenvalue weighted by Crippen LogP contribution is 2.23. The molecule has 1 heterocycles. The van der Waals surface area contributed by atoms with E-state index in [4.69, 9.17) is 9.47 Å². The number of esters is 1. The van der Waals surface area contributed by atoms with Crippen molar-refractivity contribution in [1.82, 2.24) is 15.5 Å². The van der Waals surface area contributed by atoms with Crippen molar-refractivity contribution in [2.24, 2.45) is 0 Å². The van der Waals surface area contributed by atoms with E-state index in [1.54, 1.807) is 37.3 Å². The second-order valence-electron chi connectivity index (χ2n) is 4.59. The molecule has 1 atom stereocenters. The first-order valence-electron chi connectivity index (χ1n) is 7.26. The van der Waals surface area contributed by atoms with Gasteiger partial charge in [0.15, 0.2) is 11.0 Å². The number of hydrogen-bond acceptors (Lipinski definition) is 8. The molecule has 2 N–H and O–H groups in total. The molecule has 0 bridgehead atoms. The third-order valence-corrected chi connectivity index (χ3v) is 3.82. The minimum absolute atomic E-state index is 0.135. The first kappa shape index (κ1) is 18.3. The van der Waals surface area contributed by atoms with E-state index in [1.807, 2.05) is 0 Å². The molecule has 0 aliphatic heterocycles. The molecule has 1 aromatic carbocycles. The van der Waals surface area contributed by atoms with E-state index in [0.29, 0.717) is 5.56 Å². The van der Waals surface area contributed by atoms with Crippen molar-refractivity contribution in [3.8, 4) is 0 Å². The average Bonchev–Trinajstić information content (AvgIpc) is 3.07. The molecule has 0 unspecified atom stereocenters. The van der Waals surface area contributed by atoms with Crippen LogP contribution in [-0.2, 0) is 14.3 Å². The smallest absolute Gasteiger partial charge is 0.413 e. The standard InChI is InChI=1S/C15H16N4O5S/c1-3-24-15(22)17-14-19-18-12(25-14)10(13(21)23-2)16-11(20)9-7-5-4-6-8-9/h4-8,10H,3H2,1-2H3,(H,16,20)(H,17,19,22)/t10-/m1/s1. The number of carbonyl (C=O) groups is 3. The Labute approximate surface area is 147 Å². The van der Waals surface area contributed by atoms with Gasteiger partial charge < -0.3 is 14.8 Å². The van der Waals surface area contributed by atoms with Crippen LogP contribution in [0.2, 0.25) is 0 Å². The van der Waals surface area contributed by atoms with Gasteiger partial charge in [0.1, 0.15) is 0 Å². The lowest BCUT2D eigenvalue weighted by molar-refractivity contribution is -0.143. The summed E-state index contributed by atoms with van der Waals surface area (Å²) in [6.45, 7) is 1.87. The SMILES string of the molecule is CCOC(=O)Nc1nnc([C@@H](NC(=O)c2ccccc2)C(=O)OC)s1. The lowest BCUT2D eigenvalue weighted by Gasteiger charge is -2.13. The molecular weight excluding hydrogens is 348 g/mol. The summed E-state index contributed by atoms with van der Waals surface area (Å²) in [5.74, 6) is -1.17. The van der Waals surface area contributed by atoms with Crippen LogP contribution in [0.5, 0.6) is 0 Å².